The van der Waals surface area contributed by atoms with E-state index in [2.05, 4.69) is 15.0 Å². The summed E-state index contributed by atoms with van der Waals surface area (Å²) < 4.78 is 28.0. The fourth-order valence-electron chi connectivity index (χ4n) is 3.11. The minimum absolute atomic E-state index is 0.0341. The number of non-ortho nitro benzene ring substituents is 1. The van der Waals surface area contributed by atoms with E-state index in [1.807, 2.05) is 0 Å². The molecule has 8 N–H and O–H groups in total. The van der Waals surface area contributed by atoms with Crippen LogP contribution < -0.4 is 27.2 Å². The molecular weight excluding hydrogens is 478 g/mol. The average Bonchev–Trinajstić information content (AvgIpc) is 2.81. The van der Waals surface area contributed by atoms with Crippen LogP contribution in [0.3, 0.4) is 0 Å². The SMILES string of the molecule is NC(=O)[C@H](Cc1ccccc1)NC(=O)[C@H](CCCN=C(N)N)NS(=O)(=O)c1cccc([N+](=O)[O-])c1. The van der Waals surface area contributed by atoms with Crippen LogP contribution in [-0.4, -0.2) is 49.7 Å². The second kappa shape index (κ2) is 12.4. The third-order valence-corrected chi connectivity index (χ3v) is 6.31. The zero-order valence-corrected chi connectivity index (χ0v) is 19.5. The molecule has 13 nitrogen and oxygen atoms in total. The number of hydrogen-bond acceptors (Lipinski definition) is 7. The fraction of sp³-hybridized carbons (Fsp3) is 0.286. The molecule has 2 aromatic carbocycles. The highest BCUT2D eigenvalue weighted by Gasteiger charge is 2.29. The Kier molecular flexibility index (Phi) is 9.66. The molecule has 0 fully saturated rings. The Hall–Kier alpha value is -4.04. The lowest BCUT2D eigenvalue weighted by Gasteiger charge is -2.22. The summed E-state index contributed by atoms with van der Waals surface area (Å²) in [5.41, 5.74) is 16.3. The van der Waals surface area contributed by atoms with Gasteiger partial charge in [-0.05, 0) is 24.5 Å². The second-order valence-corrected chi connectivity index (χ2v) is 9.24. The van der Waals surface area contributed by atoms with Crippen LogP contribution in [0.2, 0.25) is 0 Å². The van der Waals surface area contributed by atoms with Gasteiger partial charge in [0.25, 0.3) is 5.69 Å². The van der Waals surface area contributed by atoms with E-state index in [0.29, 0.717) is 0 Å². The van der Waals surface area contributed by atoms with Crippen molar-refractivity contribution in [1.82, 2.24) is 10.0 Å². The van der Waals surface area contributed by atoms with Crippen molar-refractivity contribution in [1.29, 1.82) is 0 Å². The molecule has 188 valence electrons. The van der Waals surface area contributed by atoms with E-state index in [9.17, 15) is 28.1 Å². The number of nitrogens with one attached hydrogen (secondary N) is 2. The van der Waals surface area contributed by atoms with Gasteiger partial charge in [0.05, 0.1) is 9.82 Å². The molecule has 0 spiro atoms. The number of nitrogens with zero attached hydrogens (tertiary/aromatic N) is 2. The van der Waals surface area contributed by atoms with Gasteiger partial charge in [-0.25, -0.2) is 8.42 Å². The molecule has 0 saturated heterocycles. The maximum absolute atomic E-state index is 13.0. The van der Waals surface area contributed by atoms with Gasteiger partial charge in [0, 0.05) is 25.1 Å². The van der Waals surface area contributed by atoms with Crippen molar-refractivity contribution in [2.75, 3.05) is 6.54 Å². The van der Waals surface area contributed by atoms with E-state index < -0.39 is 49.4 Å². The minimum Gasteiger partial charge on any atom is -0.370 e. The number of nitro benzene ring substituents is 1. The zero-order chi connectivity index (χ0) is 26.0. The van der Waals surface area contributed by atoms with E-state index in [4.69, 9.17) is 17.2 Å². The van der Waals surface area contributed by atoms with Gasteiger partial charge in [0.2, 0.25) is 21.8 Å². The van der Waals surface area contributed by atoms with Crippen molar-refractivity contribution in [2.45, 2.75) is 36.2 Å². The first-order chi connectivity index (χ1) is 16.5. The Balaban J connectivity index is 2.25. The normalized spacial score (nSPS) is 12.8. The quantitative estimate of drug-likeness (QED) is 0.0782. The molecule has 0 bridgehead atoms. The molecule has 0 saturated carbocycles. The Morgan fingerprint density at radius 1 is 1.03 bits per heavy atom. The van der Waals surface area contributed by atoms with Gasteiger partial charge in [-0.1, -0.05) is 36.4 Å². The van der Waals surface area contributed by atoms with Gasteiger partial charge in [0.15, 0.2) is 5.96 Å². The van der Waals surface area contributed by atoms with Crippen molar-refractivity contribution in [3.63, 3.8) is 0 Å². The maximum atomic E-state index is 13.0. The first-order valence-electron chi connectivity index (χ1n) is 10.5. The van der Waals surface area contributed by atoms with Gasteiger partial charge in [-0.3, -0.25) is 24.7 Å². The summed E-state index contributed by atoms with van der Waals surface area (Å²) in [4.78, 5) is 38.7. The number of aliphatic imine (C=N–C) groups is 1. The Morgan fingerprint density at radius 2 is 1.71 bits per heavy atom. The molecule has 35 heavy (non-hydrogen) atoms. The van der Waals surface area contributed by atoms with E-state index in [-0.39, 0.29) is 31.8 Å². The van der Waals surface area contributed by atoms with Gasteiger partial charge < -0.3 is 22.5 Å². The van der Waals surface area contributed by atoms with Crippen LogP contribution in [0.15, 0.2) is 64.5 Å². The molecule has 0 aliphatic rings. The summed E-state index contributed by atoms with van der Waals surface area (Å²) >= 11 is 0. The van der Waals surface area contributed by atoms with Crippen molar-refractivity contribution in [3.05, 3.63) is 70.3 Å². The molecule has 2 rings (SSSR count). The largest absolute Gasteiger partial charge is 0.370 e. The standard InChI is InChI=1S/C21H27N7O6S/c22-19(29)18(12-14-6-2-1-3-7-14)26-20(30)17(10-5-11-25-21(23)24)27-35(33,34)16-9-4-8-15(13-16)28(31)32/h1-4,6-9,13,17-18,27H,5,10-12H2,(H2,22,29)(H,26,30)(H4,23,24,25)/t17-,18-/m0/s1. The van der Waals surface area contributed by atoms with Crippen LogP contribution in [0.5, 0.6) is 0 Å². The number of primary amides is 1. The van der Waals surface area contributed by atoms with E-state index >= 15 is 0 Å². The molecule has 2 aromatic rings. The first-order valence-corrected chi connectivity index (χ1v) is 11.9. The summed E-state index contributed by atoms with van der Waals surface area (Å²) in [6.07, 6.45) is 0.279. The van der Waals surface area contributed by atoms with Crippen molar-refractivity contribution < 1.29 is 22.9 Å². The van der Waals surface area contributed by atoms with Crippen molar-refractivity contribution in [3.8, 4) is 0 Å². The number of carbonyl (C=O) groups is 2. The number of hydrogen-bond donors (Lipinski definition) is 5. The van der Waals surface area contributed by atoms with Crippen LogP contribution in [-0.2, 0) is 26.0 Å². The number of benzene rings is 2. The summed E-state index contributed by atoms with van der Waals surface area (Å²) in [5.74, 6) is -1.77. The smallest absolute Gasteiger partial charge is 0.270 e. The lowest BCUT2D eigenvalue weighted by molar-refractivity contribution is -0.385. The predicted octanol–water partition coefficient (Wildman–Crippen LogP) is -0.492. The zero-order valence-electron chi connectivity index (χ0n) is 18.7. The molecule has 14 heteroatoms. The third-order valence-electron chi connectivity index (χ3n) is 4.84. The van der Waals surface area contributed by atoms with Crippen LogP contribution in [0.1, 0.15) is 18.4 Å². The van der Waals surface area contributed by atoms with Crippen LogP contribution in [0.4, 0.5) is 5.69 Å². The highest BCUT2D eigenvalue weighted by molar-refractivity contribution is 7.89. The number of sulfonamides is 1. The lowest BCUT2D eigenvalue weighted by Crippen LogP contribution is -2.53. The monoisotopic (exact) mass is 505 g/mol. The van der Waals surface area contributed by atoms with Gasteiger partial charge >= 0.3 is 0 Å². The third kappa shape index (κ3) is 8.68. The van der Waals surface area contributed by atoms with E-state index in [0.717, 1.165) is 23.8 Å². The maximum Gasteiger partial charge on any atom is 0.270 e. The van der Waals surface area contributed by atoms with Crippen LogP contribution in [0.25, 0.3) is 0 Å². The number of nitrogens with two attached hydrogens (primary N) is 3. The minimum atomic E-state index is -4.35. The number of carbonyl (C=O) groups excluding carboxylic acids is 2. The summed E-state index contributed by atoms with van der Waals surface area (Å²) in [7, 11) is -4.35. The van der Waals surface area contributed by atoms with Crippen molar-refractivity contribution in [2.24, 2.45) is 22.2 Å². The predicted molar refractivity (Wildman–Crippen MR) is 128 cm³/mol. The van der Waals surface area contributed by atoms with Gasteiger partial charge in [-0.2, -0.15) is 4.72 Å². The molecule has 0 radical (unpaired) electrons. The number of nitro groups is 1. The molecule has 2 atom stereocenters. The van der Waals surface area contributed by atoms with Crippen LogP contribution >= 0.6 is 0 Å². The first kappa shape index (κ1) is 27.2. The fourth-order valence-corrected chi connectivity index (χ4v) is 4.38. The summed E-state index contributed by atoms with van der Waals surface area (Å²) in [6, 6.07) is 10.7. The molecule has 0 unspecified atom stereocenters. The molecule has 0 aliphatic carbocycles. The van der Waals surface area contributed by atoms with Crippen LogP contribution in [0, 0.1) is 10.1 Å². The lowest BCUT2D eigenvalue weighted by atomic mass is 10.0. The van der Waals surface area contributed by atoms with E-state index in [1.165, 1.54) is 6.07 Å². The highest BCUT2D eigenvalue weighted by atomic mass is 32.2. The highest BCUT2D eigenvalue weighted by Crippen LogP contribution is 2.18. The number of rotatable bonds is 13. The summed E-state index contributed by atoms with van der Waals surface area (Å²) in [6.45, 7) is 0.119. The van der Waals surface area contributed by atoms with E-state index in [1.54, 1.807) is 30.3 Å². The Bertz CT molecular complexity index is 1180. The molecular formula is C21H27N7O6S. The Morgan fingerprint density at radius 3 is 2.31 bits per heavy atom. The molecule has 2 amide bonds. The topological polar surface area (TPSA) is 226 Å². The molecule has 0 aromatic heterocycles. The van der Waals surface area contributed by atoms with Crippen molar-refractivity contribution >= 4 is 33.5 Å². The number of amides is 2. The van der Waals surface area contributed by atoms with Gasteiger partial charge in [0.1, 0.15) is 12.1 Å². The number of guanidine groups is 1. The Labute approximate surface area is 202 Å². The summed E-state index contributed by atoms with van der Waals surface area (Å²) in [5, 5.41) is 13.5. The second-order valence-electron chi connectivity index (χ2n) is 7.53. The van der Waals surface area contributed by atoms with Gasteiger partial charge in [-0.15, -0.1) is 0 Å². The average molecular weight is 506 g/mol. The molecule has 0 heterocycles. The molecule has 0 aliphatic heterocycles.